The van der Waals surface area contributed by atoms with Crippen molar-refractivity contribution in [3.8, 4) is 0 Å². The first kappa shape index (κ1) is 15.0. The van der Waals surface area contributed by atoms with Crippen LogP contribution in [0.3, 0.4) is 0 Å². The molecule has 0 bridgehead atoms. The molecular formula is C12H17BrN4O3. The van der Waals surface area contributed by atoms with E-state index in [1.54, 1.807) is 0 Å². The van der Waals surface area contributed by atoms with Crippen LogP contribution in [0.25, 0.3) is 0 Å². The SMILES string of the molecule is CC1CNCCC1NC(=O)Cn1cc(Br)c(=O)[nH]c1=O. The first-order chi connectivity index (χ1) is 9.47. The number of hydrogen-bond acceptors (Lipinski definition) is 4. The van der Waals surface area contributed by atoms with Gasteiger partial charge >= 0.3 is 5.69 Å². The number of carbonyl (C=O) groups is 1. The van der Waals surface area contributed by atoms with Gasteiger partial charge in [0.15, 0.2) is 0 Å². The third-order valence-corrected chi connectivity index (χ3v) is 3.98. The molecule has 1 aliphatic heterocycles. The minimum Gasteiger partial charge on any atom is -0.351 e. The molecule has 0 aliphatic carbocycles. The number of carbonyl (C=O) groups excluding carboxylic acids is 1. The van der Waals surface area contributed by atoms with Gasteiger partial charge in [-0.1, -0.05) is 6.92 Å². The molecule has 2 rings (SSSR count). The Hall–Kier alpha value is -1.41. The van der Waals surface area contributed by atoms with Crippen LogP contribution < -0.4 is 21.9 Å². The highest BCUT2D eigenvalue weighted by Crippen LogP contribution is 2.10. The van der Waals surface area contributed by atoms with Gasteiger partial charge < -0.3 is 10.6 Å². The predicted octanol–water partition coefficient (Wildman–Crippen LogP) is -0.587. The van der Waals surface area contributed by atoms with E-state index in [9.17, 15) is 14.4 Å². The van der Waals surface area contributed by atoms with Crippen LogP contribution in [0.15, 0.2) is 20.3 Å². The molecule has 0 spiro atoms. The predicted molar refractivity (Wildman–Crippen MR) is 77.6 cm³/mol. The quantitative estimate of drug-likeness (QED) is 0.683. The number of aromatic amines is 1. The van der Waals surface area contributed by atoms with E-state index in [4.69, 9.17) is 0 Å². The van der Waals surface area contributed by atoms with E-state index in [0.717, 1.165) is 19.5 Å². The van der Waals surface area contributed by atoms with Crippen molar-refractivity contribution in [2.45, 2.75) is 25.9 Å². The highest BCUT2D eigenvalue weighted by molar-refractivity contribution is 9.10. The zero-order chi connectivity index (χ0) is 14.7. The molecule has 1 aliphatic rings. The van der Waals surface area contributed by atoms with Gasteiger partial charge in [0.1, 0.15) is 6.54 Å². The van der Waals surface area contributed by atoms with Crippen LogP contribution in [-0.2, 0) is 11.3 Å². The maximum Gasteiger partial charge on any atom is 0.328 e. The summed E-state index contributed by atoms with van der Waals surface area (Å²) in [5, 5.41) is 6.19. The Morgan fingerprint density at radius 3 is 3.00 bits per heavy atom. The van der Waals surface area contributed by atoms with Gasteiger partial charge in [-0.15, -0.1) is 0 Å². The molecule has 7 nitrogen and oxygen atoms in total. The van der Waals surface area contributed by atoms with Gasteiger partial charge in [-0.25, -0.2) is 4.79 Å². The third kappa shape index (κ3) is 3.57. The Morgan fingerprint density at radius 1 is 1.55 bits per heavy atom. The number of aromatic nitrogens is 2. The summed E-state index contributed by atoms with van der Waals surface area (Å²) < 4.78 is 1.40. The first-order valence-corrected chi connectivity index (χ1v) is 7.26. The molecule has 2 atom stereocenters. The molecule has 20 heavy (non-hydrogen) atoms. The Labute approximate surface area is 123 Å². The molecule has 2 unspecified atom stereocenters. The van der Waals surface area contributed by atoms with Crippen LogP contribution in [0.2, 0.25) is 0 Å². The zero-order valence-corrected chi connectivity index (χ0v) is 12.7. The number of amides is 1. The molecule has 0 radical (unpaired) electrons. The molecule has 110 valence electrons. The highest BCUT2D eigenvalue weighted by Gasteiger charge is 2.22. The molecule has 0 aromatic carbocycles. The topological polar surface area (TPSA) is 96.0 Å². The second kappa shape index (κ2) is 6.36. The smallest absolute Gasteiger partial charge is 0.328 e. The van der Waals surface area contributed by atoms with Gasteiger partial charge in [0.25, 0.3) is 5.56 Å². The normalized spacial score (nSPS) is 22.5. The zero-order valence-electron chi connectivity index (χ0n) is 11.1. The molecule has 1 saturated heterocycles. The van der Waals surface area contributed by atoms with Gasteiger partial charge in [-0.2, -0.15) is 0 Å². The van der Waals surface area contributed by atoms with E-state index in [1.807, 2.05) is 0 Å². The summed E-state index contributed by atoms with van der Waals surface area (Å²) in [5.74, 6) is 0.122. The highest BCUT2D eigenvalue weighted by atomic mass is 79.9. The van der Waals surface area contributed by atoms with Gasteiger partial charge in [0, 0.05) is 12.2 Å². The van der Waals surface area contributed by atoms with E-state index < -0.39 is 11.2 Å². The number of nitrogens with one attached hydrogen (secondary N) is 3. The number of piperidine rings is 1. The van der Waals surface area contributed by atoms with Crippen LogP contribution in [0.4, 0.5) is 0 Å². The summed E-state index contributed by atoms with van der Waals surface area (Å²) in [5.41, 5.74) is -1.09. The summed E-state index contributed by atoms with van der Waals surface area (Å²) in [6, 6.07) is 0.116. The number of rotatable bonds is 3. The van der Waals surface area contributed by atoms with E-state index in [2.05, 4.69) is 38.5 Å². The van der Waals surface area contributed by atoms with Crippen molar-refractivity contribution >= 4 is 21.8 Å². The Balaban J connectivity index is 2.03. The van der Waals surface area contributed by atoms with Crippen LogP contribution in [0.1, 0.15) is 13.3 Å². The van der Waals surface area contributed by atoms with Gasteiger partial charge in [-0.3, -0.25) is 19.1 Å². The first-order valence-electron chi connectivity index (χ1n) is 6.46. The lowest BCUT2D eigenvalue weighted by Gasteiger charge is -2.30. The van der Waals surface area contributed by atoms with Crippen molar-refractivity contribution in [1.29, 1.82) is 0 Å². The fourth-order valence-electron chi connectivity index (χ4n) is 2.24. The molecule has 3 N–H and O–H groups in total. The second-order valence-electron chi connectivity index (χ2n) is 5.01. The standard InChI is InChI=1S/C12H17BrN4O3/c1-7-4-14-3-2-9(7)15-10(18)6-17-5-8(13)11(19)16-12(17)20/h5,7,9,14H,2-4,6H2,1H3,(H,15,18)(H,16,19,20). The Bertz CT molecular complexity index is 609. The van der Waals surface area contributed by atoms with Crippen molar-refractivity contribution in [2.75, 3.05) is 13.1 Å². The van der Waals surface area contributed by atoms with Crippen molar-refractivity contribution < 1.29 is 4.79 Å². The summed E-state index contributed by atoms with van der Waals surface area (Å²) in [6.45, 7) is 3.71. The lowest BCUT2D eigenvalue weighted by Crippen LogP contribution is -2.49. The lowest BCUT2D eigenvalue weighted by molar-refractivity contribution is -0.122. The fourth-order valence-corrected chi connectivity index (χ4v) is 2.58. The van der Waals surface area contributed by atoms with E-state index >= 15 is 0 Å². The number of H-pyrrole nitrogens is 1. The van der Waals surface area contributed by atoms with Gasteiger partial charge in [-0.05, 0) is 41.4 Å². The number of nitrogens with zero attached hydrogens (tertiary/aromatic N) is 1. The maximum absolute atomic E-state index is 12.0. The molecule has 2 heterocycles. The summed E-state index contributed by atoms with van der Waals surface area (Å²) in [6.07, 6.45) is 2.20. The monoisotopic (exact) mass is 344 g/mol. The largest absolute Gasteiger partial charge is 0.351 e. The summed E-state index contributed by atoms with van der Waals surface area (Å²) in [7, 11) is 0. The van der Waals surface area contributed by atoms with Crippen molar-refractivity contribution in [3.05, 3.63) is 31.5 Å². The number of halogens is 1. The second-order valence-corrected chi connectivity index (χ2v) is 5.86. The Kier molecular flexibility index (Phi) is 4.77. The van der Waals surface area contributed by atoms with Gasteiger partial charge in [0.2, 0.25) is 5.91 Å². The minimum atomic E-state index is -0.591. The lowest BCUT2D eigenvalue weighted by atomic mass is 9.95. The van der Waals surface area contributed by atoms with Gasteiger partial charge in [0.05, 0.1) is 4.47 Å². The molecule has 1 aromatic heterocycles. The average molecular weight is 345 g/mol. The molecule has 1 fully saturated rings. The van der Waals surface area contributed by atoms with E-state index in [0.29, 0.717) is 5.92 Å². The summed E-state index contributed by atoms with van der Waals surface area (Å²) in [4.78, 5) is 36.9. The van der Waals surface area contributed by atoms with Crippen LogP contribution in [0, 0.1) is 5.92 Å². The van der Waals surface area contributed by atoms with Crippen LogP contribution in [-0.4, -0.2) is 34.6 Å². The van der Waals surface area contributed by atoms with E-state index in [-0.39, 0.29) is 23.0 Å². The van der Waals surface area contributed by atoms with Crippen LogP contribution >= 0.6 is 15.9 Å². The van der Waals surface area contributed by atoms with E-state index in [1.165, 1.54) is 10.8 Å². The molecule has 1 aromatic rings. The fraction of sp³-hybridized carbons (Fsp3) is 0.583. The van der Waals surface area contributed by atoms with Crippen LogP contribution in [0.5, 0.6) is 0 Å². The third-order valence-electron chi connectivity index (χ3n) is 3.41. The summed E-state index contributed by atoms with van der Waals surface area (Å²) >= 11 is 3.03. The molecule has 0 saturated carbocycles. The molecule has 8 heteroatoms. The minimum absolute atomic E-state index is 0.106. The average Bonchev–Trinajstić information content (AvgIpc) is 2.39. The number of hydrogen-bond donors (Lipinski definition) is 3. The van der Waals surface area contributed by atoms with Crippen molar-refractivity contribution in [1.82, 2.24) is 20.2 Å². The Morgan fingerprint density at radius 2 is 2.30 bits per heavy atom. The van der Waals surface area contributed by atoms with Crippen molar-refractivity contribution in [2.24, 2.45) is 5.92 Å². The van der Waals surface area contributed by atoms with Crippen molar-refractivity contribution in [3.63, 3.8) is 0 Å². The maximum atomic E-state index is 12.0. The molecular weight excluding hydrogens is 328 g/mol. The molecule has 1 amide bonds.